The zero-order valence-electron chi connectivity index (χ0n) is 13.4. The summed E-state index contributed by atoms with van der Waals surface area (Å²) in [6.45, 7) is 5.61. The topological polar surface area (TPSA) is 71.9 Å². The molecule has 0 spiro atoms. The van der Waals surface area contributed by atoms with E-state index in [-0.39, 0.29) is 11.9 Å². The van der Waals surface area contributed by atoms with E-state index in [0.29, 0.717) is 25.2 Å². The van der Waals surface area contributed by atoms with E-state index >= 15 is 0 Å². The molecule has 4 rings (SSSR count). The molecule has 1 unspecified atom stereocenters. The summed E-state index contributed by atoms with van der Waals surface area (Å²) >= 11 is 0. The molecule has 0 aliphatic carbocycles. The van der Waals surface area contributed by atoms with Crippen LogP contribution in [-0.2, 0) is 17.8 Å². The maximum absolute atomic E-state index is 13.8. The lowest BCUT2D eigenvalue weighted by Gasteiger charge is -2.31. The molecule has 1 aliphatic heterocycles. The summed E-state index contributed by atoms with van der Waals surface area (Å²) in [5.74, 6) is 1.30. The molecule has 24 heavy (non-hydrogen) atoms. The van der Waals surface area contributed by atoms with E-state index in [2.05, 4.69) is 32.0 Å². The van der Waals surface area contributed by atoms with Crippen molar-refractivity contribution in [1.29, 1.82) is 0 Å². The van der Waals surface area contributed by atoms with Gasteiger partial charge in [0.05, 0.1) is 18.7 Å². The van der Waals surface area contributed by atoms with E-state index in [0.717, 1.165) is 30.3 Å². The highest BCUT2D eigenvalue weighted by Gasteiger charge is 2.26. The minimum atomic E-state index is -0.300. The summed E-state index contributed by atoms with van der Waals surface area (Å²) in [5.41, 5.74) is 1.11. The number of imidazole rings is 1. The van der Waals surface area contributed by atoms with Crippen molar-refractivity contribution in [2.24, 2.45) is 0 Å². The highest BCUT2D eigenvalue weighted by molar-refractivity contribution is 5.75. The number of fused-ring (bicyclic) bond motifs is 1. The Hall–Kier alpha value is -2.32. The van der Waals surface area contributed by atoms with E-state index < -0.39 is 0 Å². The molecule has 0 amide bonds. The summed E-state index contributed by atoms with van der Waals surface area (Å²) in [5, 5.41) is 8.16. The number of hydrogen-bond donors (Lipinski definition) is 1. The number of ether oxygens (including phenoxy) is 1. The number of aryl methyl sites for hydroxylation is 1. The van der Waals surface area contributed by atoms with Gasteiger partial charge >= 0.3 is 0 Å². The van der Waals surface area contributed by atoms with Crippen LogP contribution in [-0.4, -0.2) is 49.3 Å². The Balaban J connectivity index is 1.50. The maximum Gasteiger partial charge on any atom is 0.163 e. The Morgan fingerprint density at radius 3 is 3.17 bits per heavy atom. The Morgan fingerprint density at radius 2 is 2.33 bits per heavy atom. The summed E-state index contributed by atoms with van der Waals surface area (Å²) in [6, 6.07) is 4.94. The van der Waals surface area contributed by atoms with E-state index in [9.17, 15) is 4.39 Å². The van der Waals surface area contributed by atoms with Crippen LogP contribution in [0.1, 0.15) is 24.7 Å². The highest BCUT2D eigenvalue weighted by Crippen LogP contribution is 2.22. The molecule has 126 valence electrons. The first kappa shape index (κ1) is 15.2. The van der Waals surface area contributed by atoms with Crippen molar-refractivity contribution >= 4 is 11.0 Å². The van der Waals surface area contributed by atoms with E-state index in [1.165, 1.54) is 6.07 Å². The number of aromatic amines is 1. The van der Waals surface area contributed by atoms with Crippen LogP contribution in [0.25, 0.3) is 11.0 Å². The van der Waals surface area contributed by atoms with Gasteiger partial charge in [0.15, 0.2) is 11.6 Å². The van der Waals surface area contributed by atoms with Gasteiger partial charge in [0.2, 0.25) is 0 Å². The molecule has 0 bridgehead atoms. The SMILES string of the molecule is CCn1cnnc1C1CN(Cc2nc3c(F)cccc3[nH]2)CCO1. The third kappa shape index (κ3) is 2.78. The zero-order valence-corrected chi connectivity index (χ0v) is 13.4. The van der Waals surface area contributed by atoms with Gasteiger partial charge in [0.25, 0.3) is 0 Å². The van der Waals surface area contributed by atoms with Crippen LogP contribution in [0.4, 0.5) is 4.39 Å². The summed E-state index contributed by atoms with van der Waals surface area (Å²) in [4.78, 5) is 9.81. The molecule has 1 aromatic carbocycles. The number of rotatable bonds is 4. The lowest BCUT2D eigenvalue weighted by Crippen LogP contribution is -2.39. The van der Waals surface area contributed by atoms with Gasteiger partial charge in [0.1, 0.15) is 23.8 Å². The molecule has 1 N–H and O–H groups in total. The Morgan fingerprint density at radius 1 is 1.42 bits per heavy atom. The van der Waals surface area contributed by atoms with Gasteiger partial charge in [-0.2, -0.15) is 0 Å². The second kappa shape index (κ2) is 6.29. The number of aromatic nitrogens is 5. The third-order valence-corrected chi connectivity index (χ3v) is 4.31. The van der Waals surface area contributed by atoms with Crippen molar-refractivity contribution in [1.82, 2.24) is 29.6 Å². The average molecular weight is 330 g/mol. The second-order valence-electron chi connectivity index (χ2n) is 5.89. The van der Waals surface area contributed by atoms with Crippen LogP contribution in [0.2, 0.25) is 0 Å². The van der Waals surface area contributed by atoms with Crippen molar-refractivity contribution < 1.29 is 9.13 Å². The number of hydrogen-bond acceptors (Lipinski definition) is 5. The summed E-state index contributed by atoms with van der Waals surface area (Å²) in [7, 11) is 0. The molecule has 1 atom stereocenters. The average Bonchev–Trinajstić information content (AvgIpc) is 3.22. The number of benzene rings is 1. The zero-order chi connectivity index (χ0) is 16.5. The standard InChI is InChI=1S/C16H19FN6O/c1-2-23-10-18-21-16(23)13-8-22(6-7-24-13)9-14-19-12-5-3-4-11(17)15(12)20-14/h3-5,10,13H,2,6-9H2,1H3,(H,19,20). The fourth-order valence-corrected chi connectivity index (χ4v) is 3.09. The van der Waals surface area contributed by atoms with Gasteiger partial charge < -0.3 is 14.3 Å². The molecular formula is C16H19FN6O. The van der Waals surface area contributed by atoms with Gasteiger partial charge in [-0.3, -0.25) is 4.90 Å². The predicted molar refractivity (Wildman–Crippen MR) is 85.7 cm³/mol. The summed E-state index contributed by atoms with van der Waals surface area (Å²) in [6.07, 6.45) is 1.61. The lowest BCUT2D eigenvalue weighted by atomic mass is 10.2. The Kier molecular flexibility index (Phi) is 3.99. The maximum atomic E-state index is 13.8. The van der Waals surface area contributed by atoms with Crippen LogP contribution in [0.5, 0.6) is 0 Å². The molecule has 0 saturated carbocycles. The molecule has 3 aromatic rings. The van der Waals surface area contributed by atoms with Crippen LogP contribution in [0, 0.1) is 5.82 Å². The normalized spacial score (nSPS) is 19.2. The number of H-pyrrole nitrogens is 1. The largest absolute Gasteiger partial charge is 0.368 e. The van der Waals surface area contributed by atoms with Crippen molar-refractivity contribution in [3.8, 4) is 0 Å². The van der Waals surface area contributed by atoms with Gasteiger partial charge in [-0.15, -0.1) is 10.2 Å². The van der Waals surface area contributed by atoms with Crippen LogP contribution >= 0.6 is 0 Å². The second-order valence-corrected chi connectivity index (χ2v) is 5.89. The van der Waals surface area contributed by atoms with Crippen molar-refractivity contribution in [2.45, 2.75) is 26.1 Å². The minimum absolute atomic E-state index is 0.109. The smallest absolute Gasteiger partial charge is 0.163 e. The third-order valence-electron chi connectivity index (χ3n) is 4.31. The predicted octanol–water partition coefficient (Wildman–Crippen LogP) is 1.89. The number of para-hydroxylation sites is 1. The molecule has 2 aromatic heterocycles. The fraction of sp³-hybridized carbons (Fsp3) is 0.438. The molecule has 8 heteroatoms. The van der Waals surface area contributed by atoms with Crippen LogP contribution in [0.3, 0.4) is 0 Å². The molecule has 1 saturated heterocycles. The van der Waals surface area contributed by atoms with Crippen molar-refractivity contribution in [3.63, 3.8) is 0 Å². The van der Waals surface area contributed by atoms with Crippen LogP contribution < -0.4 is 0 Å². The summed E-state index contributed by atoms with van der Waals surface area (Å²) < 4.78 is 21.6. The van der Waals surface area contributed by atoms with Gasteiger partial charge in [-0.1, -0.05) is 6.07 Å². The number of nitrogens with zero attached hydrogens (tertiary/aromatic N) is 5. The molecule has 1 aliphatic rings. The fourth-order valence-electron chi connectivity index (χ4n) is 3.09. The molecule has 3 heterocycles. The van der Waals surface area contributed by atoms with E-state index in [4.69, 9.17) is 4.74 Å². The minimum Gasteiger partial charge on any atom is -0.368 e. The van der Waals surface area contributed by atoms with Crippen molar-refractivity contribution in [2.75, 3.05) is 19.7 Å². The quantitative estimate of drug-likeness (QED) is 0.791. The van der Waals surface area contributed by atoms with Gasteiger partial charge in [0, 0.05) is 19.6 Å². The van der Waals surface area contributed by atoms with E-state index in [1.807, 2.05) is 10.6 Å². The molecule has 1 fully saturated rings. The Labute approximate surface area is 138 Å². The first-order valence-corrected chi connectivity index (χ1v) is 8.09. The van der Waals surface area contributed by atoms with Crippen LogP contribution in [0.15, 0.2) is 24.5 Å². The van der Waals surface area contributed by atoms with Gasteiger partial charge in [-0.25, -0.2) is 9.37 Å². The Bertz CT molecular complexity index is 844. The first-order chi connectivity index (χ1) is 11.7. The number of nitrogens with one attached hydrogen (secondary N) is 1. The lowest BCUT2D eigenvalue weighted by molar-refractivity contribution is -0.0395. The first-order valence-electron chi connectivity index (χ1n) is 8.09. The number of morpholine rings is 1. The van der Waals surface area contributed by atoms with Crippen molar-refractivity contribution in [3.05, 3.63) is 42.0 Å². The highest BCUT2D eigenvalue weighted by atomic mass is 19.1. The molecule has 0 radical (unpaired) electrons. The van der Waals surface area contributed by atoms with Gasteiger partial charge in [-0.05, 0) is 19.1 Å². The molecular weight excluding hydrogens is 311 g/mol. The van der Waals surface area contributed by atoms with E-state index in [1.54, 1.807) is 12.4 Å². The number of halogens is 1. The molecule has 7 nitrogen and oxygen atoms in total. The monoisotopic (exact) mass is 330 g/mol.